The number of amides is 2. The van der Waals surface area contributed by atoms with Crippen LogP contribution in [0.3, 0.4) is 0 Å². The molecule has 3 atom stereocenters. The van der Waals surface area contributed by atoms with Crippen LogP contribution in [-0.4, -0.2) is 49.3 Å². The first-order valence-electron chi connectivity index (χ1n) is 7.96. The smallest absolute Gasteiger partial charge is 0.314 e. The van der Waals surface area contributed by atoms with Crippen LogP contribution in [0.15, 0.2) is 24.3 Å². The Morgan fingerprint density at radius 2 is 1.96 bits per heavy atom. The SMILES string of the molecule is CCC(C)C(O)CNC(=O)NCC(c1cccc(F)c1)N(C)C. The van der Waals surface area contributed by atoms with Crippen LogP contribution >= 0.6 is 0 Å². The van der Waals surface area contributed by atoms with E-state index in [1.54, 1.807) is 6.07 Å². The zero-order chi connectivity index (χ0) is 17.4. The van der Waals surface area contributed by atoms with E-state index in [0.717, 1.165) is 12.0 Å². The lowest BCUT2D eigenvalue weighted by Crippen LogP contribution is -2.44. The molecule has 5 nitrogen and oxygen atoms in total. The van der Waals surface area contributed by atoms with Gasteiger partial charge in [-0.05, 0) is 37.7 Å². The van der Waals surface area contributed by atoms with Gasteiger partial charge in [0.25, 0.3) is 0 Å². The van der Waals surface area contributed by atoms with Crippen LogP contribution in [0.2, 0.25) is 0 Å². The Balaban J connectivity index is 2.51. The minimum absolute atomic E-state index is 0.129. The molecule has 1 aromatic rings. The number of aliphatic hydroxyl groups is 1. The molecule has 0 aliphatic rings. The fourth-order valence-electron chi connectivity index (χ4n) is 2.23. The molecule has 0 aliphatic carbocycles. The summed E-state index contributed by atoms with van der Waals surface area (Å²) in [5.41, 5.74) is 0.801. The summed E-state index contributed by atoms with van der Waals surface area (Å²) in [5.74, 6) is -0.160. The molecule has 6 heteroatoms. The molecule has 1 aromatic carbocycles. The molecule has 0 bridgehead atoms. The molecule has 3 N–H and O–H groups in total. The lowest BCUT2D eigenvalue weighted by molar-refractivity contribution is 0.114. The number of benzene rings is 1. The molecule has 130 valence electrons. The van der Waals surface area contributed by atoms with Crippen LogP contribution in [0, 0.1) is 11.7 Å². The van der Waals surface area contributed by atoms with Crippen LogP contribution in [0.25, 0.3) is 0 Å². The number of likely N-dealkylation sites (N-methyl/N-ethyl adjacent to an activating group) is 1. The number of halogens is 1. The van der Waals surface area contributed by atoms with Gasteiger partial charge in [0.1, 0.15) is 5.82 Å². The summed E-state index contributed by atoms with van der Waals surface area (Å²) in [4.78, 5) is 13.8. The third-order valence-corrected chi connectivity index (χ3v) is 4.09. The van der Waals surface area contributed by atoms with E-state index in [2.05, 4.69) is 10.6 Å². The molecular weight excluding hydrogens is 297 g/mol. The second-order valence-electron chi connectivity index (χ2n) is 6.08. The number of urea groups is 1. The van der Waals surface area contributed by atoms with Crippen molar-refractivity contribution in [1.82, 2.24) is 15.5 Å². The van der Waals surface area contributed by atoms with Gasteiger partial charge < -0.3 is 20.6 Å². The summed E-state index contributed by atoms with van der Waals surface area (Å²) in [6, 6.07) is 5.89. The molecule has 0 saturated carbocycles. The molecule has 0 aromatic heterocycles. The molecule has 0 radical (unpaired) electrons. The Hall–Kier alpha value is -1.66. The number of carbonyl (C=O) groups excluding carboxylic acids is 1. The molecule has 3 unspecified atom stereocenters. The first-order valence-corrected chi connectivity index (χ1v) is 7.96. The van der Waals surface area contributed by atoms with Crippen molar-refractivity contribution in [1.29, 1.82) is 0 Å². The molecule has 2 amide bonds. The first kappa shape index (κ1) is 19.4. The fraction of sp³-hybridized carbons (Fsp3) is 0.588. The topological polar surface area (TPSA) is 64.6 Å². The van der Waals surface area contributed by atoms with E-state index in [-0.39, 0.29) is 30.4 Å². The summed E-state index contributed by atoms with van der Waals surface area (Å²) < 4.78 is 13.4. The first-order chi connectivity index (χ1) is 10.8. The molecule has 1 rings (SSSR count). The van der Waals surface area contributed by atoms with Crippen LogP contribution in [-0.2, 0) is 0 Å². The van der Waals surface area contributed by atoms with Gasteiger partial charge in [-0.2, -0.15) is 0 Å². The van der Waals surface area contributed by atoms with Gasteiger partial charge in [0.05, 0.1) is 12.1 Å². The van der Waals surface area contributed by atoms with Crippen LogP contribution in [0.1, 0.15) is 31.9 Å². The van der Waals surface area contributed by atoms with Crippen molar-refractivity contribution in [3.05, 3.63) is 35.6 Å². The van der Waals surface area contributed by atoms with Crippen molar-refractivity contribution in [2.45, 2.75) is 32.4 Å². The van der Waals surface area contributed by atoms with Crippen molar-refractivity contribution in [2.24, 2.45) is 5.92 Å². The summed E-state index contributed by atoms with van der Waals surface area (Å²) >= 11 is 0. The molecule has 0 saturated heterocycles. The van der Waals surface area contributed by atoms with E-state index in [1.807, 2.05) is 38.9 Å². The Morgan fingerprint density at radius 3 is 2.52 bits per heavy atom. The number of carbonyl (C=O) groups is 1. The number of nitrogens with one attached hydrogen (secondary N) is 2. The van der Waals surface area contributed by atoms with E-state index in [1.165, 1.54) is 12.1 Å². The lowest BCUT2D eigenvalue weighted by atomic mass is 10.0. The predicted octanol–water partition coefficient (Wildman–Crippen LogP) is 2.13. The second kappa shape index (κ2) is 9.47. The van der Waals surface area contributed by atoms with Gasteiger partial charge in [-0.1, -0.05) is 32.4 Å². The monoisotopic (exact) mass is 325 g/mol. The van der Waals surface area contributed by atoms with Gasteiger partial charge in [0, 0.05) is 13.1 Å². The number of hydrogen-bond acceptors (Lipinski definition) is 3. The van der Waals surface area contributed by atoms with E-state index < -0.39 is 6.10 Å². The average molecular weight is 325 g/mol. The summed E-state index contributed by atoms with van der Waals surface area (Å²) in [6.07, 6.45) is 0.297. The molecule has 0 heterocycles. The van der Waals surface area contributed by atoms with E-state index in [0.29, 0.717) is 6.54 Å². The zero-order valence-electron chi connectivity index (χ0n) is 14.3. The van der Waals surface area contributed by atoms with Gasteiger partial charge >= 0.3 is 6.03 Å². The number of nitrogens with zero attached hydrogens (tertiary/aromatic N) is 1. The molecule has 0 aliphatic heterocycles. The van der Waals surface area contributed by atoms with Gasteiger partial charge in [-0.25, -0.2) is 9.18 Å². The molecule has 23 heavy (non-hydrogen) atoms. The van der Waals surface area contributed by atoms with E-state index in [9.17, 15) is 14.3 Å². The summed E-state index contributed by atoms with van der Waals surface area (Å²) in [6.45, 7) is 4.50. The zero-order valence-corrected chi connectivity index (χ0v) is 14.3. The quantitative estimate of drug-likeness (QED) is 0.686. The highest BCUT2D eigenvalue weighted by atomic mass is 19.1. The maximum Gasteiger partial charge on any atom is 0.314 e. The maximum atomic E-state index is 13.4. The van der Waals surface area contributed by atoms with Gasteiger partial charge in [-0.15, -0.1) is 0 Å². The lowest BCUT2D eigenvalue weighted by Gasteiger charge is -2.25. The average Bonchev–Trinajstić information content (AvgIpc) is 2.51. The summed E-state index contributed by atoms with van der Waals surface area (Å²) in [5, 5.41) is 15.3. The number of aliphatic hydroxyl groups excluding tert-OH is 1. The highest BCUT2D eigenvalue weighted by Gasteiger charge is 2.17. The molecule has 0 spiro atoms. The Morgan fingerprint density at radius 1 is 1.30 bits per heavy atom. The van der Waals surface area contributed by atoms with E-state index >= 15 is 0 Å². The predicted molar refractivity (Wildman–Crippen MR) is 89.7 cm³/mol. The Kier molecular flexibility index (Phi) is 7.98. The van der Waals surface area contributed by atoms with Crippen molar-refractivity contribution in [3.63, 3.8) is 0 Å². The second-order valence-corrected chi connectivity index (χ2v) is 6.08. The largest absolute Gasteiger partial charge is 0.391 e. The van der Waals surface area contributed by atoms with Crippen LogP contribution < -0.4 is 10.6 Å². The fourth-order valence-corrected chi connectivity index (χ4v) is 2.23. The number of hydrogen-bond donors (Lipinski definition) is 3. The van der Waals surface area contributed by atoms with Crippen molar-refractivity contribution in [2.75, 3.05) is 27.2 Å². The highest BCUT2D eigenvalue weighted by molar-refractivity contribution is 5.73. The minimum atomic E-state index is -0.557. The Labute approximate surface area is 137 Å². The van der Waals surface area contributed by atoms with E-state index in [4.69, 9.17) is 0 Å². The summed E-state index contributed by atoms with van der Waals surface area (Å²) in [7, 11) is 3.75. The van der Waals surface area contributed by atoms with Gasteiger partial charge in [0.15, 0.2) is 0 Å². The minimum Gasteiger partial charge on any atom is -0.391 e. The standard InChI is InChI=1S/C17H28FN3O2/c1-5-12(2)16(22)11-20-17(23)19-10-15(21(3)4)13-7-6-8-14(18)9-13/h6-9,12,15-16,22H,5,10-11H2,1-4H3,(H2,19,20,23). The van der Waals surface area contributed by atoms with Crippen LogP contribution in [0.5, 0.6) is 0 Å². The normalized spacial score (nSPS) is 15.1. The van der Waals surface area contributed by atoms with Gasteiger partial charge in [-0.3, -0.25) is 0 Å². The van der Waals surface area contributed by atoms with Crippen molar-refractivity contribution in [3.8, 4) is 0 Å². The third kappa shape index (κ3) is 6.54. The van der Waals surface area contributed by atoms with Gasteiger partial charge in [0.2, 0.25) is 0 Å². The van der Waals surface area contributed by atoms with Crippen LogP contribution in [0.4, 0.5) is 9.18 Å². The maximum absolute atomic E-state index is 13.4. The third-order valence-electron chi connectivity index (χ3n) is 4.09. The Bertz CT molecular complexity index is 496. The van der Waals surface area contributed by atoms with Crippen molar-refractivity contribution >= 4 is 6.03 Å². The number of rotatable bonds is 8. The molecular formula is C17H28FN3O2. The van der Waals surface area contributed by atoms with Crippen molar-refractivity contribution < 1.29 is 14.3 Å². The highest BCUT2D eigenvalue weighted by Crippen LogP contribution is 2.18. The molecule has 0 fully saturated rings.